The third kappa shape index (κ3) is 5.42. The number of nitrogens with zero attached hydrogens (tertiary/aromatic N) is 3. The van der Waals surface area contributed by atoms with Gasteiger partial charge in [0.05, 0.1) is 28.7 Å². The Morgan fingerprint density at radius 3 is 2.29 bits per heavy atom. The van der Waals surface area contributed by atoms with Gasteiger partial charge in [-0.25, -0.2) is 9.48 Å². The summed E-state index contributed by atoms with van der Waals surface area (Å²) in [4.78, 5) is 25.6. The van der Waals surface area contributed by atoms with E-state index in [9.17, 15) is 35.9 Å². The minimum Gasteiger partial charge on any atom is -0.478 e. The van der Waals surface area contributed by atoms with Crippen LogP contribution in [0.1, 0.15) is 56.1 Å². The molecule has 0 unspecified atom stereocenters. The quantitative estimate of drug-likeness (QED) is 0.373. The molecule has 7 nitrogen and oxygen atoms in total. The maximum Gasteiger partial charge on any atom is 0.436 e. The maximum atomic E-state index is 13.9. The summed E-state index contributed by atoms with van der Waals surface area (Å²) in [6.45, 7) is 1.37. The number of carbonyl (C=O) groups excluding carboxylic acids is 1. The molecule has 3 aromatic rings. The van der Waals surface area contributed by atoms with E-state index < -0.39 is 52.1 Å². The van der Waals surface area contributed by atoms with Crippen LogP contribution < -0.4 is 10.2 Å². The molecule has 14 heteroatoms. The smallest absolute Gasteiger partial charge is 0.436 e. The normalized spacial score (nSPS) is 14.4. The number of hydrogen-bond donors (Lipinski definition) is 2. The average Bonchev–Trinajstić information content (AvgIpc) is 3.39. The molecule has 0 fully saturated rings. The topological polar surface area (TPSA) is 87.5 Å². The first-order chi connectivity index (χ1) is 17.7. The van der Waals surface area contributed by atoms with Crippen LogP contribution in [0.2, 0.25) is 5.02 Å². The second-order valence-corrected chi connectivity index (χ2v) is 9.03. The first kappa shape index (κ1) is 27.3. The third-order valence-corrected chi connectivity index (χ3v) is 6.35. The minimum absolute atomic E-state index is 0.00684. The molecule has 1 aliphatic rings. The molecular weight excluding hydrogens is 542 g/mol. The van der Waals surface area contributed by atoms with Gasteiger partial charge in [0.15, 0.2) is 5.69 Å². The lowest BCUT2D eigenvalue weighted by molar-refractivity contribution is -0.142. The van der Waals surface area contributed by atoms with Crippen molar-refractivity contribution < 1.29 is 41.0 Å². The molecule has 0 aliphatic carbocycles. The summed E-state index contributed by atoms with van der Waals surface area (Å²) in [6, 6.07) is 7.82. The van der Waals surface area contributed by atoms with Crippen LogP contribution in [0.25, 0.3) is 0 Å². The maximum absolute atomic E-state index is 13.9. The molecule has 1 aliphatic heterocycles. The van der Waals surface area contributed by atoms with Gasteiger partial charge in [-0.15, -0.1) is 0 Å². The van der Waals surface area contributed by atoms with Crippen molar-refractivity contribution in [2.75, 3.05) is 11.4 Å². The second-order valence-electron chi connectivity index (χ2n) is 8.62. The molecule has 38 heavy (non-hydrogen) atoms. The first-order valence-electron chi connectivity index (χ1n) is 11.1. The van der Waals surface area contributed by atoms with E-state index in [0.717, 1.165) is 16.8 Å². The first-order valence-corrected chi connectivity index (χ1v) is 11.5. The van der Waals surface area contributed by atoms with E-state index in [1.807, 2.05) is 0 Å². The van der Waals surface area contributed by atoms with Crippen molar-refractivity contribution in [1.82, 2.24) is 15.1 Å². The number of halogens is 7. The van der Waals surface area contributed by atoms with Gasteiger partial charge in [-0.05, 0) is 42.3 Å². The molecular formula is C24H19ClF6N4O3. The van der Waals surface area contributed by atoms with Gasteiger partial charge >= 0.3 is 18.3 Å². The van der Waals surface area contributed by atoms with Crippen LogP contribution >= 0.6 is 11.6 Å². The van der Waals surface area contributed by atoms with Crippen LogP contribution in [-0.4, -0.2) is 33.3 Å². The number of anilines is 1. The number of amides is 1. The minimum atomic E-state index is -4.98. The van der Waals surface area contributed by atoms with E-state index in [1.165, 1.54) is 42.2 Å². The molecule has 0 radical (unpaired) electrons. The summed E-state index contributed by atoms with van der Waals surface area (Å²) in [5.41, 5.74) is -2.69. The van der Waals surface area contributed by atoms with Crippen LogP contribution in [0.3, 0.4) is 0 Å². The van der Waals surface area contributed by atoms with E-state index in [1.54, 1.807) is 0 Å². The number of benzene rings is 2. The fourth-order valence-corrected chi connectivity index (χ4v) is 4.41. The van der Waals surface area contributed by atoms with Crippen LogP contribution in [0.15, 0.2) is 42.5 Å². The van der Waals surface area contributed by atoms with Crippen molar-refractivity contribution in [1.29, 1.82) is 0 Å². The summed E-state index contributed by atoms with van der Waals surface area (Å²) in [5.74, 6) is -2.43. The van der Waals surface area contributed by atoms with E-state index >= 15 is 0 Å². The lowest BCUT2D eigenvalue weighted by atomic mass is 10.1. The number of rotatable bonds is 6. The average molecular weight is 561 g/mol. The Morgan fingerprint density at radius 1 is 1.05 bits per heavy atom. The predicted molar refractivity (Wildman–Crippen MR) is 124 cm³/mol. The highest BCUT2D eigenvalue weighted by Gasteiger charge is 2.44. The molecule has 1 amide bonds. The summed E-state index contributed by atoms with van der Waals surface area (Å²) in [7, 11) is 0. The summed E-state index contributed by atoms with van der Waals surface area (Å²) < 4.78 is 82.4. The molecule has 202 valence electrons. The molecule has 0 saturated heterocycles. The highest BCUT2D eigenvalue weighted by atomic mass is 35.5. The van der Waals surface area contributed by atoms with Crippen molar-refractivity contribution >= 4 is 29.3 Å². The highest BCUT2D eigenvalue weighted by Crippen LogP contribution is 2.40. The number of alkyl halides is 6. The summed E-state index contributed by atoms with van der Waals surface area (Å²) >= 11 is 5.67. The van der Waals surface area contributed by atoms with Gasteiger partial charge in [-0.3, -0.25) is 4.79 Å². The fourth-order valence-electron chi connectivity index (χ4n) is 4.19. The Morgan fingerprint density at radius 2 is 1.71 bits per heavy atom. The molecule has 0 bridgehead atoms. The van der Waals surface area contributed by atoms with E-state index in [2.05, 4.69) is 10.4 Å². The molecule has 4 rings (SSSR count). The van der Waals surface area contributed by atoms with E-state index in [0.29, 0.717) is 5.56 Å². The van der Waals surface area contributed by atoms with Crippen molar-refractivity contribution in [2.45, 2.75) is 38.4 Å². The van der Waals surface area contributed by atoms with Crippen molar-refractivity contribution in [3.63, 3.8) is 0 Å². The van der Waals surface area contributed by atoms with Gasteiger partial charge in [-0.1, -0.05) is 29.8 Å². The van der Waals surface area contributed by atoms with Crippen LogP contribution in [0, 0.1) is 0 Å². The van der Waals surface area contributed by atoms with Gasteiger partial charge < -0.3 is 15.3 Å². The Bertz CT molecular complexity index is 1390. The van der Waals surface area contributed by atoms with Gasteiger partial charge in [-0.2, -0.15) is 31.4 Å². The van der Waals surface area contributed by atoms with Gasteiger partial charge in [0.25, 0.3) is 5.91 Å². The largest absolute Gasteiger partial charge is 0.478 e. The molecule has 2 aromatic carbocycles. The number of aromatic nitrogens is 2. The molecule has 1 atom stereocenters. The van der Waals surface area contributed by atoms with Crippen LogP contribution in [0.5, 0.6) is 0 Å². The Kier molecular flexibility index (Phi) is 7.08. The Labute approximate surface area is 216 Å². The zero-order chi connectivity index (χ0) is 28.0. The standard InChI is InChI=1S/C24H19ClF6N4O3/c1-12(14-3-5-15(6-4-14)22(37)38)32-20(36)18-19(24(29,30)31)33-35-9-8-34(21(18)35)11-13-2-7-17(25)16(10-13)23(26,27)28/h2-7,10,12H,8-9,11H2,1H3,(H,32,36)(H,37,38)/t12-/m0/s1. The van der Waals surface area contributed by atoms with Crippen molar-refractivity contribution in [2.24, 2.45) is 0 Å². The number of carboxylic acids is 1. The summed E-state index contributed by atoms with van der Waals surface area (Å²) in [5, 5.41) is 14.6. The number of nitrogens with one attached hydrogen (secondary N) is 1. The highest BCUT2D eigenvalue weighted by molar-refractivity contribution is 6.31. The number of hydrogen-bond acceptors (Lipinski definition) is 4. The van der Waals surface area contributed by atoms with E-state index in [-0.39, 0.29) is 36.6 Å². The zero-order valence-electron chi connectivity index (χ0n) is 19.5. The summed E-state index contributed by atoms with van der Waals surface area (Å²) in [6.07, 6.45) is -9.71. The number of carboxylic acid groups (broad SMARTS) is 1. The molecule has 0 spiro atoms. The van der Waals surface area contributed by atoms with Gasteiger partial charge in [0.2, 0.25) is 0 Å². The molecule has 2 N–H and O–H groups in total. The fraction of sp³-hybridized carbons (Fsp3) is 0.292. The SMILES string of the molecule is C[C@H](NC(=O)c1c(C(F)(F)F)nn2c1N(Cc1ccc(Cl)c(C(F)(F)F)c1)CC2)c1ccc(C(=O)O)cc1. The number of carbonyl (C=O) groups is 2. The Hall–Kier alpha value is -3.74. The third-order valence-electron chi connectivity index (χ3n) is 6.02. The van der Waals surface area contributed by atoms with Gasteiger partial charge in [0, 0.05) is 13.1 Å². The predicted octanol–water partition coefficient (Wildman–Crippen LogP) is 5.78. The van der Waals surface area contributed by atoms with Crippen LogP contribution in [-0.2, 0) is 25.4 Å². The van der Waals surface area contributed by atoms with Crippen molar-refractivity contribution in [3.05, 3.63) is 81.0 Å². The number of aromatic carboxylic acids is 1. The zero-order valence-corrected chi connectivity index (χ0v) is 20.2. The molecule has 0 saturated carbocycles. The lowest BCUT2D eigenvalue weighted by Crippen LogP contribution is -2.31. The van der Waals surface area contributed by atoms with E-state index in [4.69, 9.17) is 16.7 Å². The second kappa shape index (κ2) is 9.86. The molecule has 2 heterocycles. The lowest BCUT2D eigenvalue weighted by Gasteiger charge is -2.21. The van der Waals surface area contributed by atoms with Gasteiger partial charge in [0.1, 0.15) is 11.4 Å². The number of fused-ring (bicyclic) bond motifs is 1. The monoisotopic (exact) mass is 560 g/mol. The van der Waals surface area contributed by atoms with Crippen LogP contribution in [0.4, 0.5) is 32.2 Å². The molecule has 1 aromatic heterocycles. The Balaban J connectivity index is 1.66. The van der Waals surface area contributed by atoms with Crippen molar-refractivity contribution in [3.8, 4) is 0 Å².